The predicted octanol–water partition coefficient (Wildman–Crippen LogP) is 3.11. The normalized spacial score (nSPS) is 15.3. The van der Waals surface area contributed by atoms with Crippen LogP contribution < -0.4 is 10.3 Å². The quantitative estimate of drug-likeness (QED) is 0.575. The van der Waals surface area contributed by atoms with Crippen LogP contribution in [0.1, 0.15) is 43.1 Å². The van der Waals surface area contributed by atoms with Crippen LogP contribution in [0.5, 0.6) is 0 Å². The number of rotatable bonds is 8. The third-order valence-electron chi connectivity index (χ3n) is 4.98. The van der Waals surface area contributed by atoms with E-state index < -0.39 is 30.1 Å². The molecule has 2 N–H and O–H groups in total. The minimum absolute atomic E-state index is 0.119. The summed E-state index contributed by atoms with van der Waals surface area (Å²) in [6.45, 7) is 5.11. The predicted molar refractivity (Wildman–Crippen MR) is 125 cm³/mol. The Labute approximate surface area is 197 Å². The molecule has 9 heteroatoms. The molecule has 0 spiro atoms. The first-order valence-electron chi connectivity index (χ1n) is 10.6. The number of aliphatic hydroxyl groups excluding tert-OH is 1. The van der Waals surface area contributed by atoms with E-state index in [2.05, 4.69) is 10.4 Å². The van der Waals surface area contributed by atoms with Crippen molar-refractivity contribution >= 4 is 40.8 Å². The summed E-state index contributed by atoms with van der Waals surface area (Å²) in [4.78, 5) is 37.3. The van der Waals surface area contributed by atoms with Gasteiger partial charge < -0.3 is 15.2 Å². The second kappa shape index (κ2) is 10.6. The van der Waals surface area contributed by atoms with Crippen LogP contribution in [-0.2, 0) is 20.7 Å². The number of carbonyl (C=O) groups excluding carboxylic acids is 3. The van der Waals surface area contributed by atoms with Crippen LogP contribution in [-0.4, -0.2) is 46.9 Å². The molecule has 0 aromatic heterocycles. The van der Waals surface area contributed by atoms with Crippen molar-refractivity contribution in [1.29, 1.82) is 0 Å². The Morgan fingerprint density at radius 1 is 1.18 bits per heavy atom. The first kappa shape index (κ1) is 24.4. The number of halogens is 1. The fourth-order valence-electron chi connectivity index (χ4n) is 3.37. The minimum Gasteiger partial charge on any atom is -0.461 e. The highest BCUT2D eigenvalue weighted by Crippen LogP contribution is 2.22. The van der Waals surface area contributed by atoms with Gasteiger partial charge in [0.1, 0.15) is 0 Å². The molecule has 1 aliphatic heterocycles. The Balaban J connectivity index is 1.78. The van der Waals surface area contributed by atoms with Crippen molar-refractivity contribution < 1.29 is 24.2 Å². The van der Waals surface area contributed by atoms with E-state index in [1.807, 2.05) is 0 Å². The fraction of sp³-hybridized carbons (Fsp3) is 0.333. The third-order valence-corrected chi connectivity index (χ3v) is 5.35. The molecule has 174 valence electrons. The number of amides is 2. The van der Waals surface area contributed by atoms with Crippen LogP contribution in [0.4, 0.5) is 5.69 Å². The van der Waals surface area contributed by atoms with Crippen LogP contribution >= 0.6 is 11.6 Å². The number of esters is 1. The van der Waals surface area contributed by atoms with Crippen molar-refractivity contribution in [3.05, 3.63) is 64.7 Å². The second-order valence-corrected chi connectivity index (χ2v) is 8.48. The number of benzene rings is 2. The second-order valence-electron chi connectivity index (χ2n) is 8.07. The van der Waals surface area contributed by atoms with Gasteiger partial charge in [0.15, 0.2) is 6.10 Å². The molecule has 0 aliphatic carbocycles. The van der Waals surface area contributed by atoms with Crippen LogP contribution in [0.15, 0.2) is 53.6 Å². The van der Waals surface area contributed by atoms with Gasteiger partial charge in [0, 0.05) is 16.3 Å². The van der Waals surface area contributed by atoms with E-state index in [1.54, 1.807) is 69.3 Å². The lowest BCUT2D eigenvalue weighted by Crippen LogP contribution is -2.49. The summed E-state index contributed by atoms with van der Waals surface area (Å²) in [5.74, 6) is -1.47. The molecule has 33 heavy (non-hydrogen) atoms. The summed E-state index contributed by atoms with van der Waals surface area (Å²) in [5.41, 5.74) is 2.21. The van der Waals surface area contributed by atoms with Crippen molar-refractivity contribution in [2.45, 2.75) is 51.9 Å². The number of nitrogens with zero attached hydrogens (tertiary/aromatic N) is 2. The number of nitrogens with one attached hydrogen (secondary N) is 1. The highest BCUT2D eigenvalue weighted by molar-refractivity contribution is 6.31. The summed E-state index contributed by atoms with van der Waals surface area (Å²) in [5, 5.41) is 19.3. The number of hydrazone groups is 1. The molecule has 0 fully saturated rings. The molecule has 0 bridgehead atoms. The molecule has 1 heterocycles. The maximum Gasteiger partial charge on any atom is 0.337 e. The number of hydrogen-bond donors (Lipinski definition) is 2. The fourth-order valence-corrected chi connectivity index (χ4v) is 3.58. The monoisotopic (exact) mass is 471 g/mol. The smallest absolute Gasteiger partial charge is 0.337 e. The van der Waals surface area contributed by atoms with Crippen LogP contribution in [0.25, 0.3) is 0 Å². The topological polar surface area (TPSA) is 108 Å². The standard InChI is InChI=1S/C24H26ClN3O5/c1-14(2)33-24(32)22(30)20(13-17-6-4-5-7-19(17)25)26-23(31)16-8-10-18(11-9-16)28-21(29)12-15(3)27-28/h4-11,14,20,22,30H,12-13H2,1-3H3,(H,26,31)/t20-,22-/m1/s1. The highest BCUT2D eigenvalue weighted by atomic mass is 35.5. The molecule has 3 rings (SSSR count). The lowest BCUT2D eigenvalue weighted by atomic mass is 10.0. The van der Waals surface area contributed by atoms with E-state index in [9.17, 15) is 19.5 Å². The summed E-state index contributed by atoms with van der Waals surface area (Å²) >= 11 is 6.24. The first-order valence-corrected chi connectivity index (χ1v) is 10.9. The lowest BCUT2D eigenvalue weighted by molar-refractivity contribution is -0.158. The van der Waals surface area contributed by atoms with Gasteiger partial charge in [-0.3, -0.25) is 9.59 Å². The molecular formula is C24H26ClN3O5. The van der Waals surface area contributed by atoms with Crippen molar-refractivity contribution in [2.75, 3.05) is 5.01 Å². The summed E-state index contributed by atoms with van der Waals surface area (Å²) < 4.78 is 5.12. The zero-order valence-electron chi connectivity index (χ0n) is 18.6. The average molecular weight is 472 g/mol. The Hall–Kier alpha value is -3.23. The van der Waals surface area contributed by atoms with E-state index in [-0.39, 0.29) is 18.7 Å². The number of aliphatic hydroxyl groups is 1. The van der Waals surface area contributed by atoms with Gasteiger partial charge in [-0.2, -0.15) is 5.10 Å². The summed E-state index contributed by atoms with van der Waals surface area (Å²) in [6, 6.07) is 12.3. The van der Waals surface area contributed by atoms with Crippen molar-refractivity contribution in [3.63, 3.8) is 0 Å². The molecule has 1 aliphatic rings. The number of anilines is 1. The maximum absolute atomic E-state index is 12.9. The summed E-state index contributed by atoms with van der Waals surface area (Å²) in [6.07, 6.45) is -1.63. The van der Waals surface area contributed by atoms with Gasteiger partial charge >= 0.3 is 5.97 Å². The van der Waals surface area contributed by atoms with Gasteiger partial charge in [-0.05, 0) is 63.1 Å². The molecule has 0 saturated carbocycles. The van der Waals surface area contributed by atoms with Crippen LogP contribution in [0, 0.1) is 0 Å². The van der Waals surface area contributed by atoms with Gasteiger partial charge in [0.05, 0.1) is 24.3 Å². The van der Waals surface area contributed by atoms with E-state index in [4.69, 9.17) is 16.3 Å². The van der Waals surface area contributed by atoms with Gasteiger partial charge in [-0.15, -0.1) is 0 Å². The molecule has 0 unspecified atom stereocenters. The molecule has 0 saturated heterocycles. The van der Waals surface area contributed by atoms with E-state index in [0.29, 0.717) is 27.5 Å². The van der Waals surface area contributed by atoms with Crippen molar-refractivity contribution in [3.8, 4) is 0 Å². The van der Waals surface area contributed by atoms with E-state index in [0.717, 1.165) is 0 Å². The molecule has 0 radical (unpaired) electrons. The number of hydrogen-bond acceptors (Lipinski definition) is 6. The molecule has 2 atom stereocenters. The molecule has 2 amide bonds. The van der Waals surface area contributed by atoms with E-state index in [1.165, 1.54) is 5.01 Å². The Kier molecular flexibility index (Phi) is 7.84. The molecule has 2 aromatic carbocycles. The van der Waals surface area contributed by atoms with Gasteiger partial charge in [-0.25, -0.2) is 9.80 Å². The van der Waals surface area contributed by atoms with E-state index >= 15 is 0 Å². The van der Waals surface area contributed by atoms with Crippen LogP contribution in [0.3, 0.4) is 0 Å². The Morgan fingerprint density at radius 2 is 1.85 bits per heavy atom. The Morgan fingerprint density at radius 3 is 2.42 bits per heavy atom. The molecule has 2 aromatic rings. The largest absolute Gasteiger partial charge is 0.461 e. The molecular weight excluding hydrogens is 446 g/mol. The molecule has 8 nitrogen and oxygen atoms in total. The van der Waals surface area contributed by atoms with Crippen molar-refractivity contribution in [1.82, 2.24) is 5.32 Å². The van der Waals surface area contributed by atoms with Gasteiger partial charge in [0.2, 0.25) is 0 Å². The van der Waals surface area contributed by atoms with Gasteiger partial charge in [-0.1, -0.05) is 29.8 Å². The SMILES string of the molecule is CC1=NN(c2ccc(C(=O)N[C@H](Cc3ccccc3Cl)[C@@H](O)C(=O)OC(C)C)cc2)C(=O)C1. The third kappa shape index (κ3) is 6.18. The lowest BCUT2D eigenvalue weighted by Gasteiger charge is -2.24. The van der Waals surface area contributed by atoms with Crippen molar-refractivity contribution in [2.24, 2.45) is 5.10 Å². The zero-order valence-corrected chi connectivity index (χ0v) is 19.4. The zero-order chi connectivity index (χ0) is 24.1. The summed E-state index contributed by atoms with van der Waals surface area (Å²) in [7, 11) is 0. The minimum atomic E-state index is -1.59. The van der Waals surface area contributed by atoms with Gasteiger partial charge in [0.25, 0.3) is 11.8 Å². The van der Waals surface area contributed by atoms with Crippen LogP contribution in [0.2, 0.25) is 5.02 Å². The first-order chi connectivity index (χ1) is 15.7. The Bertz CT molecular complexity index is 1070. The highest BCUT2D eigenvalue weighted by Gasteiger charge is 2.31. The maximum atomic E-state index is 12.9. The number of carbonyl (C=O) groups is 3. The average Bonchev–Trinajstić information content (AvgIpc) is 3.11. The number of ether oxygens (including phenoxy) is 1.